The van der Waals surface area contributed by atoms with Gasteiger partial charge in [-0.15, -0.1) is 11.3 Å². The summed E-state index contributed by atoms with van der Waals surface area (Å²) < 4.78 is 4.95. The number of rotatable bonds is 6. The minimum Gasteiger partial charge on any atom is -0.397 e. The highest BCUT2D eigenvalue weighted by Crippen LogP contribution is 2.50. The summed E-state index contributed by atoms with van der Waals surface area (Å²) in [5, 5.41) is 7.93. The topological polar surface area (TPSA) is 94.0 Å². The Kier molecular flexibility index (Phi) is 3.43. The predicted octanol–water partition coefficient (Wildman–Crippen LogP) is 2.45. The molecule has 3 rings (SSSR count). The molecule has 0 atom stereocenters. The summed E-state index contributed by atoms with van der Waals surface area (Å²) in [6, 6.07) is 0. The van der Waals surface area contributed by atoms with E-state index in [1.165, 1.54) is 17.7 Å². The van der Waals surface area contributed by atoms with Gasteiger partial charge in [0.1, 0.15) is 0 Å². The number of hydrogen-bond acceptors (Lipinski definition) is 7. The molecule has 106 valence electrons. The first-order valence-corrected chi connectivity index (χ1v) is 7.41. The second-order valence-electron chi connectivity index (χ2n) is 4.93. The van der Waals surface area contributed by atoms with Crippen LogP contribution in [-0.2, 0) is 6.42 Å². The van der Waals surface area contributed by atoms with Crippen LogP contribution in [0.1, 0.15) is 46.8 Å². The number of carbonyl (C=O) groups is 1. The van der Waals surface area contributed by atoms with Crippen LogP contribution in [0.25, 0.3) is 0 Å². The van der Waals surface area contributed by atoms with Gasteiger partial charge in [0.2, 0.25) is 5.89 Å². The van der Waals surface area contributed by atoms with Crippen LogP contribution < -0.4 is 11.1 Å². The summed E-state index contributed by atoms with van der Waals surface area (Å²) in [5.41, 5.74) is 7.90. The third kappa shape index (κ3) is 2.53. The van der Waals surface area contributed by atoms with E-state index in [9.17, 15) is 4.79 Å². The maximum absolute atomic E-state index is 11.6. The minimum absolute atomic E-state index is 0.0272. The zero-order chi connectivity index (χ0) is 14.1. The third-order valence-electron chi connectivity index (χ3n) is 3.32. The molecule has 2 aromatic heterocycles. The van der Waals surface area contributed by atoms with Crippen molar-refractivity contribution in [1.82, 2.24) is 10.1 Å². The molecule has 0 bridgehead atoms. The Morgan fingerprint density at radius 1 is 1.60 bits per heavy atom. The summed E-state index contributed by atoms with van der Waals surface area (Å²) in [6.07, 6.45) is 4.34. The number of nitrogen functional groups attached to an aromatic ring is 1. The molecule has 0 saturated heterocycles. The van der Waals surface area contributed by atoms with Crippen LogP contribution in [0.5, 0.6) is 0 Å². The normalized spacial score (nSPS) is 14.4. The SMILES string of the molecule is CC(=O)c1sc(NCCc2ncno2)c(C2CC2)c1N. The molecular weight excluding hydrogens is 276 g/mol. The van der Waals surface area contributed by atoms with E-state index in [-0.39, 0.29) is 5.78 Å². The Balaban J connectivity index is 1.74. The molecule has 0 aromatic carbocycles. The highest BCUT2D eigenvalue weighted by atomic mass is 32.1. The van der Waals surface area contributed by atoms with Gasteiger partial charge in [-0.1, -0.05) is 5.16 Å². The maximum Gasteiger partial charge on any atom is 0.228 e. The van der Waals surface area contributed by atoms with Gasteiger partial charge in [0, 0.05) is 25.5 Å². The van der Waals surface area contributed by atoms with E-state index in [1.54, 1.807) is 6.92 Å². The number of aromatic nitrogens is 2. The van der Waals surface area contributed by atoms with E-state index in [1.807, 2.05) is 0 Å². The second kappa shape index (κ2) is 5.24. The van der Waals surface area contributed by atoms with E-state index >= 15 is 0 Å². The molecule has 20 heavy (non-hydrogen) atoms. The fourth-order valence-corrected chi connectivity index (χ4v) is 3.34. The summed E-state index contributed by atoms with van der Waals surface area (Å²) in [6.45, 7) is 2.24. The van der Waals surface area contributed by atoms with Gasteiger partial charge in [-0.05, 0) is 18.8 Å². The minimum atomic E-state index is 0.0272. The van der Waals surface area contributed by atoms with Crippen molar-refractivity contribution >= 4 is 27.8 Å². The van der Waals surface area contributed by atoms with E-state index in [0.29, 0.717) is 35.3 Å². The zero-order valence-electron chi connectivity index (χ0n) is 11.2. The van der Waals surface area contributed by atoms with Gasteiger partial charge >= 0.3 is 0 Å². The number of Topliss-reactive ketones (excluding diaryl/α,β-unsaturated/α-hetero) is 1. The number of nitrogens with one attached hydrogen (secondary N) is 1. The van der Waals surface area contributed by atoms with Crippen LogP contribution in [0.2, 0.25) is 0 Å². The molecule has 0 amide bonds. The lowest BCUT2D eigenvalue weighted by Gasteiger charge is -2.05. The highest BCUT2D eigenvalue weighted by molar-refractivity contribution is 7.18. The quantitative estimate of drug-likeness (QED) is 0.794. The fourth-order valence-electron chi connectivity index (χ4n) is 2.22. The number of hydrogen-bond donors (Lipinski definition) is 2. The molecule has 7 heteroatoms. The van der Waals surface area contributed by atoms with Crippen molar-refractivity contribution in [2.75, 3.05) is 17.6 Å². The molecule has 1 saturated carbocycles. The fraction of sp³-hybridized carbons (Fsp3) is 0.462. The number of ketones is 1. The van der Waals surface area contributed by atoms with E-state index in [0.717, 1.165) is 23.4 Å². The van der Waals surface area contributed by atoms with E-state index in [4.69, 9.17) is 10.3 Å². The van der Waals surface area contributed by atoms with Crippen molar-refractivity contribution in [2.24, 2.45) is 0 Å². The number of thiophene rings is 1. The van der Waals surface area contributed by atoms with Gasteiger partial charge in [-0.25, -0.2) is 0 Å². The smallest absolute Gasteiger partial charge is 0.228 e. The monoisotopic (exact) mass is 292 g/mol. The van der Waals surface area contributed by atoms with Gasteiger partial charge in [-0.2, -0.15) is 4.98 Å². The molecule has 3 N–H and O–H groups in total. The van der Waals surface area contributed by atoms with E-state index < -0.39 is 0 Å². The van der Waals surface area contributed by atoms with Gasteiger partial charge in [-0.3, -0.25) is 4.79 Å². The number of carbonyl (C=O) groups excluding carboxylic acids is 1. The second-order valence-corrected chi connectivity index (χ2v) is 5.95. The Bertz CT molecular complexity index is 617. The Labute approximate surface area is 120 Å². The Morgan fingerprint density at radius 2 is 2.40 bits per heavy atom. The van der Waals surface area contributed by atoms with Gasteiger partial charge in [0.25, 0.3) is 0 Å². The molecular formula is C13H16N4O2S. The lowest BCUT2D eigenvalue weighted by molar-refractivity contribution is 0.102. The van der Waals surface area contributed by atoms with Crippen molar-refractivity contribution in [2.45, 2.75) is 32.1 Å². The summed E-state index contributed by atoms with van der Waals surface area (Å²) in [7, 11) is 0. The Hall–Kier alpha value is -1.89. The van der Waals surface area contributed by atoms with Crippen LogP contribution in [-0.4, -0.2) is 22.5 Å². The first kappa shape index (κ1) is 13.1. The molecule has 1 aliphatic carbocycles. The third-order valence-corrected chi connectivity index (χ3v) is 4.60. The van der Waals surface area contributed by atoms with Crippen LogP contribution in [0.3, 0.4) is 0 Å². The van der Waals surface area contributed by atoms with Crippen molar-refractivity contribution in [3.63, 3.8) is 0 Å². The van der Waals surface area contributed by atoms with Crippen LogP contribution in [0.4, 0.5) is 10.7 Å². The van der Waals surface area contributed by atoms with Crippen molar-refractivity contribution in [3.05, 3.63) is 22.7 Å². The molecule has 6 nitrogen and oxygen atoms in total. The molecule has 0 aliphatic heterocycles. The first-order chi connectivity index (χ1) is 9.66. The maximum atomic E-state index is 11.6. The first-order valence-electron chi connectivity index (χ1n) is 6.59. The summed E-state index contributed by atoms with van der Waals surface area (Å²) in [4.78, 5) is 16.2. The predicted molar refractivity (Wildman–Crippen MR) is 77.2 cm³/mol. The average molecular weight is 292 g/mol. The van der Waals surface area contributed by atoms with Crippen molar-refractivity contribution in [1.29, 1.82) is 0 Å². The van der Waals surface area contributed by atoms with E-state index in [2.05, 4.69) is 15.5 Å². The van der Waals surface area contributed by atoms with Crippen LogP contribution in [0, 0.1) is 0 Å². The molecule has 1 aliphatic rings. The van der Waals surface area contributed by atoms with Gasteiger partial charge < -0.3 is 15.6 Å². The molecule has 2 heterocycles. The van der Waals surface area contributed by atoms with Crippen LogP contribution >= 0.6 is 11.3 Å². The lowest BCUT2D eigenvalue weighted by atomic mass is 10.1. The lowest BCUT2D eigenvalue weighted by Crippen LogP contribution is -2.05. The molecule has 2 aromatic rings. The molecule has 0 unspecified atom stereocenters. The highest BCUT2D eigenvalue weighted by Gasteiger charge is 2.32. The summed E-state index contributed by atoms with van der Waals surface area (Å²) >= 11 is 1.45. The number of nitrogens with zero attached hydrogens (tertiary/aromatic N) is 2. The van der Waals surface area contributed by atoms with Crippen molar-refractivity contribution in [3.8, 4) is 0 Å². The molecule has 0 spiro atoms. The van der Waals surface area contributed by atoms with Crippen molar-refractivity contribution < 1.29 is 9.32 Å². The van der Waals surface area contributed by atoms with Gasteiger partial charge in [0.05, 0.1) is 15.6 Å². The Morgan fingerprint density at radius 3 is 3.00 bits per heavy atom. The number of anilines is 2. The van der Waals surface area contributed by atoms with Gasteiger partial charge in [0.15, 0.2) is 12.1 Å². The number of nitrogens with two attached hydrogens (primary N) is 1. The summed E-state index contributed by atoms with van der Waals surface area (Å²) in [5.74, 6) is 1.13. The van der Waals surface area contributed by atoms with Crippen LogP contribution in [0.15, 0.2) is 10.9 Å². The standard InChI is InChI=1S/C13H16N4O2S/c1-7(18)12-11(14)10(8-2-3-8)13(20-12)15-5-4-9-16-6-17-19-9/h6,8,15H,2-5,14H2,1H3. The zero-order valence-corrected chi connectivity index (χ0v) is 12.0. The molecule has 1 fully saturated rings. The molecule has 0 radical (unpaired) electrons. The largest absolute Gasteiger partial charge is 0.397 e. The average Bonchev–Trinajstić information content (AvgIpc) is 2.98.